The van der Waals surface area contributed by atoms with Crippen molar-refractivity contribution in [1.82, 2.24) is 17.9 Å². The molecule has 11 aromatic carbocycles. The van der Waals surface area contributed by atoms with Gasteiger partial charge in [0.15, 0.2) is 0 Å². The maximum atomic E-state index is 2.58. The highest BCUT2D eigenvalue weighted by Gasteiger charge is 2.30. The molecule has 17 rings (SSSR count). The van der Waals surface area contributed by atoms with Gasteiger partial charge in [-0.15, -0.1) is 0 Å². The molecule has 0 bridgehead atoms. The number of anilines is 6. The van der Waals surface area contributed by atoms with Crippen molar-refractivity contribution in [2.75, 3.05) is 9.80 Å². The van der Waals surface area contributed by atoms with Crippen LogP contribution < -0.4 is 9.80 Å². The molecule has 0 N–H and O–H groups in total. The van der Waals surface area contributed by atoms with E-state index in [1.807, 2.05) is 0 Å². The summed E-state index contributed by atoms with van der Waals surface area (Å²) >= 11 is 0. The van der Waals surface area contributed by atoms with Crippen molar-refractivity contribution in [2.45, 2.75) is 92.2 Å². The van der Waals surface area contributed by atoms with E-state index in [1.165, 1.54) is 131 Å². The van der Waals surface area contributed by atoms with Crippen LogP contribution >= 0.6 is 0 Å². The van der Waals surface area contributed by atoms with Gasteiger partial charge in [0.2, 0.25) is 0 Å². The maximum Gasteiger partial charge on any atom is 0.0641 e. The van der Waals surface area contributed by atoms with Crippen molar-refractivity contribution in [3.8, 4) is 0 Å². The van der Waals surface area contributed by atoms with Crippen LogP contribution in [-0.4, -0.2) is 17.9 Å². The van der Waals surface area contributed by atoms with Gasteiger partial charge in [0.1, 0.15) is 0 Å². The molecule has 6 heteroatoms. The lowest BCUT2D eigenvalue weighted by Gasteiger charge is -2.28. The van der Waals surface area contributed by atoms with Gasteiger partial charge in [-0.1, -0.05) is 137 Å². The van der Waals surface area contributed by atoms with Crippen LogP contribution in [0.3, 0.4) is 0 Å². The highest BCUT2D eigenvalue weighted by molar-refractivity contribution is 6.32. The SMILES string of the molecule is CC(C)c1ccc(N(c2ccc3c(c2)c2ccccc2n3C(C)(C)C)c2ccc3c4cc5c(cc4n4c6ccccc6c2c34)c2ccc(N(c3ccc(C(C)C)cc3)c3ccc4c(c3)c3ccccc3n4C(C)(C)C)c3c4ccccc4n5c23)cc1. The van der Waals surface area contributed by atoms with Crippen molar-refractivity contribution < 1.29 is 0 Å². The van der Waals surface area contributed by atoms with Crippen LogP contribution in [0.2, 0.25) is 0 Å². The molecule has 6 nitrogen and oxygen atoms in total. The fraction of sp³-hybridized carbons (Fsp3) is 0.175. The molecule has 0 spiro atoms. The van der Waals surface area contributed by atoms with E-state index in [2.05, 4.69) is 315 Å². The second-order valence-corrected chi connectivity index (χ2v) is 26.9. The van der Waals surface area contributed by atoms with Gasteiger partial charge in [-0.05, 0) is 174 Å². The molecule has 0 radical (unpaired) electrons. The number of hydrogen-bond donors (Lipinski definition) is 0. The van der Waals surface area contributed by atoms with E-state index >= 15 is 0 Å². The van der Waals surface area contributed by atoms with E-state index in [0.29, 0.717) is 11.8 Å². The molecular weight excluding hydrogens is 1040 g/mol. The summed E-state index contributed by atoms with van der Waals surface area (Å²) in [7, 11) is 0. The van der Waals surface area contributed by atoms with Crippen LogP contribution in [0, 0.1) is 0 Å². The van der Waals surface area contributed by atoms with Crippen LogP contribution in [0.5, 0.6) is 0 Å². The fourth-order valence-electron chi connectivity index (χ4n) is 15.4. The summed E-state index contributed by atoms with van der Waals surface area (Å²) in [5.74, 6) is 0.837. The molecule has 6 aromatic heterocycles. The van der Waals surface area contributed by atoms with E-state index < -0.39 is 0 Å². The van der Waals surface area contributed by atoms with E-state index in [9.17, 15) is 0 Å². The summed E-state index contributed by atoms with van der Waals surface area (Å²) in [6.45, 7) is 23.0. The summed E-state index contributed by atoms with van der Waals surface area (Å²) in [6, 6.07) is 83.5. The van der Waals surface area contributed by atoms with E-state index in [-0.39, 0.29) is 11.1 Å². The number of para-hydroxylation sites is 4. The summed E-state index contributed by atoms with van der Waals surface area (Å²) in [5.41, 5.74) is 21.6. The van der Waals surface area contributed by atoms with Crippen LogP contribution in [0.4, 0.5) is 34.1 Å². The second-order valence-electron chi connectivity index (χ2n) is 26.9. The van der Waals surface area contributed by atoms with Crippen molar-refractivity contribution in [3.63, 3.8) is 0 Å². The van der Waals surface area contributed by atoms with Crippen LogP contribution in [0.1, 0.15) is 92.2 Å². The molecule has 0 fully saturated rings. The minimum absolute atomic E-state index is 0.108. The molecule has 0 amide bonds. The maximum absolute atomic E-state index is 2.58. The third-order valence-corrected chi connectivity index (χ3v) is 19.1. The molecule has 0 atom stereocenters. The molecule has 6 heterocycles. The Balaban J connectivity index is 0.912. The minimum Gasteiger partial charge on any atom is -0.335 e. The average molecular weight is 1110 g/mol. The molecule has 0 aliphatic carbocycles. The Hall–Kier alpha value is -9.78. The Bertz CT molecular complexity index is 5260. The van der Waals surface area contributed by atoms with Crippen molar-refractivity contribution >= 4 is 154 Å². The molecule has 17 aromatic rings. The lowest BCUT2D eigenvalue weighted by Crippen LogP contribution is -2.21. The Morgan fingerprint density at radius 1 is 0.279 bits per heavy atom. The molecule has 0 saturated carbocycles. The smallest absolute Gasteiger partial charge is 0.0641 e. The number of rotatable bonds is 8. The van der Waals surface area contributed by atoms with Gasteiger partial charge in [0.25, 0.3) is 0 Å². The first-order valence-electron chi connectivity index (χ1n) is 30.8. The number of nitrogens with zero attached hydrogens (tertiary/aromatic N) is 6. The summed E-state index contributed by atoms with van der Waals surface area (Å²) in [4.78, 5) is 5.04. The fourth-order valence-corrected chi connectivity index (χ4v) is 15.4. The summed E-state index contributed by atoms with van der Waals surface area (Å²) in [5, 5.41) is 15.0. The monoisotopic (exact) mass is 1110 g/mol. The van der Waals surface area contributed by atoms with Crippen LogP contribution in [0.15, 0.2) is 218 Å². The lowest BCUT2D eigenvalue weighted by molar-refractivity contribution is 0.423. The van der Waals surface area contributed by atoms with Gasteiger partial charge in [-0.3, -0.25) is 0 Å². The summed E-state index contributed by atoms with van der Waals surface area (Å²) < 4.78 is 10.2. The predicted molar refractivity (Wildman–Crippen MR) is 369 cm³/mol. The molecule has 0 unspecified atom stereocenters. The number of benzene rings is 11. The minimum atomic E-state index is -0.108. The first kappa shape index (κ1) is 50.7. The van der Waals surface area contributed by atoms with E-state index in [4.69, 9.17) is 0 Å². The highest BCUT2D eigenvalue weighted by Crippen LogP contribution is 2.53. The van der Waals surface area contributed by atoms with Gasteiger partial charge in [0.05, 0.1) is 44.5 Å². The predicted octanol–water partition coefficient (Wildman–Crippen LogP) is 22.9. The van der Waals surface area contributed by atoms with Crippen molar-refractivity contribution in [3.05, 3.63) is 230 Å². The van der Waals surface area contributed by atoms with E-state index in [1.54, 1.807) is 0 Å². The van der Waals surface area contributed by atoms with Gasteiger partial charge >= 0.3 is 0 Å². The van der Waals surface area contributed by atoms with Crippen molar-refractivity contribution in [1.29, 1.82) is 0 Å². The Morgan fingerprint density at radius 2 is 0.605 bits per heavy atom. The average Bonchev–Trinajstić information content (AvgIpc) is 1.56. The van der Waals surface area contributed by atoms with Crippen LogP contribution in [-0.2, 0) is 11.1 Å². The first-order valence-corrected chi connectivity index (χ1v) is 30.8. The molecule has 86 heavy (non-hydrogen) atoms. The van der Waals surface area contributed by atoms with E-state index in [0.717, 1.165) is 34.1 Å². The molecular formula is C80H68N6. The Morgan fingerprint density at radius 3 is 0.977 bits per heavy atom. The summed E-state index contributed by atoms with van der Waals surface area (Å²) in [6.07, 6.45) is 0. The standard InChI is InChI=1S/C80H68N6/c1-47(2)49-27-31-51(32-28-49)81(53-35-39-69-61(43-53)55-19-11-17-25-67(55)85(69)79(5,6)7)71-41-37-57-63-45-74-64(46-73(63)83-65-23-15-13-21-59(65)75(71)77(57)83)58-38-42-72(76-60-22-14-16-24-66(60)84(74)78(58)76)82(52-33-29-50(30-34-52)48(3)4)54-36-40-70-62(44-54)56-20-12-18-26-68(56)86(70)80(8,9)10/h11-48H,1-10H3. The molecule has 418 valence electrons. The number of fused-ring (bicyclic) bond motifs is 18. The molecule has 0 saturated heterocycles. The van der Waals surface area contributed by atoms with Gasteiger partial charge in [0, 0.05) is 121 Å². The largest absolute Gasteiger partial charge is 0.335 e. The zero-order chi connectivity index (χ0) is 58.4. The third kappa shape index (κ3) is 7.01. The highest BCUT2D eigenvalue weighted by atomic mass is 15.2. The zero-order valence-electron chi connectivity index (χ0n) is 50.6. The van der Waals surface area contributed by atoms with Gasteiger partial charge in [-0.2, -0.15) is 0 Å². The van der Waals surface area contributed by atoms with Gasteiger partial charge in [-0.25, -0.2) is 0 Å². The lowest BCUT2D eigenvalue weighted by atomic mass is 10.0. The molecule has 0 aliphatic rings. The topological polar surface area (TPSA) is 25.2 Å². The molecule has 0 aliphatic heterocycles. The number of hydrogen-bond acceptors (Lipinski definition) is 2. The van der Waals surface area contributed by atoms with Gasteiger partial charge < -0.3 is 27.7 Å². The van der Waals surface area contributed by atoms with Crippen molar-refractivity contribution in [2.24, 2.45) is 0 Å². The number of aromatic nitrogens is 4. The quantitative estimate of drug-likeness (QED) is 0.151. The zero-order valence-corrected chi connectivity index (χ0v) is 50.6. The Kier molecular flexibility index (Phi) is 10.5. The third-order valence-electron chi connectivity index (χ3n) is 19.1. The second kappa shape index (κ2) is 17.9. The van der Waals surface area contributed by atoms with Crippen LogP contribution in [0.25, 0.3) is 120 Å². The Labute approximate surface area is 500 Å². The first-order chi connectivity index (χ1) is 41.6. The normalized spacial score (nSPS) is 13.0.